The number of para-hydroxylation sites is 1. The molecule has 0 N–H and O–H groups in total. The first kappa shape index (κ1) is 26.2. The van der Waals surface area contributed by atoms with Crippen molar-refractivity contribution in [3.8, 4) is 22.3 Å². The van der Waals surface area contributed by atoms with Crippen LogP contribution in [0.4, 0.5) is 21.5 Å². The Morgan fingerprint density at radius 2 is 0.957 bits per heavy atom. The van der Waals surface area contributed by atoms with Gasteiger partial charge in [-0.25, -0.2) is 4.39 Å². The molecule has 0 amide bonds. The van der Waals surface area contributed by atoms with Gasteiger partial charge in [0.05, 0.1) is 11.1 Å². The van der Waals surface area contributed by atoms with E-state index in [1.165, 1.54) is 60.7 Å². The summed E-state index contributed by atoms with van der Waals surface area (Å²) in [5, 5.41) is 4.86. The molecule has 8 aromatic carbocycles. The van der Waals surface area contributed by atoms with Crippen LogP contribution in [0.1, 0.15) is 22.3 Å². The molecule has 0 radical (unpaired) electrons. The largest absolute Gasteiger partial charge is 0.310 e. The normalized spacial score (nSPS) is 13.4. The van der Waals surface area contributed by atoms with Crippen LogP contribution < -0.4 is 4.90 Å². The Kier molecular flexibility index (Phi) is 5.45. The Bertz CT molecular complexity index is 2490. The summed E-state index contributed by atoms with van der Waals surface area (Å²) >= 11 is 0. The third-order valence-corrected chi connectivity index (χ3v) is 10.3. The molecule has 2 aliphatic rings. The first-order chi connectivity index (χ1) is 23.2. The van der Waals surface area contributed by atoms with Crippen LogP contribution >= 0.6 is 0 Å². The van der Waals surface area contributed by atoms with Gasteiger partial charge >= 0.3 is 0 Å². The van der Waals surface area contributed by atoms with Crippen molar-refractivity contribution in [1.29, 1.82) is 0 Å². The van der Waals surface area contributed by atoms with Gasteiger partial charge in [0, 0.05) is 16.8 Å². The molecule has 0 atom stereocenters. The van der Waals surface area contributed by atoms with Crippen molar-refractivity contribution >= 4 is 38.6 Å². The van der Waals surface area contributed by atoms with Crippen molar-refractivity contribution in [2.24, 2.45) is 0 Å². The molecule has 2 heteroatoms. The number of hydrogen-bond donors (Lipinski definition) is 0. The smallest absolute Gasteiger partial charge is 0.123 e. The van der Waals surface area contributed by atoms with Crippen LogP contribution in [0, 0.1) is 5.82 Å². The van der Waals surface area contributed by atoms with Gasteiger partial charge < -0.3 is 4.90 Å². The lowest BCUT2D eigenvalue weighted by Gasteiger charge is -2.33. The average molecular weight is 602 g/mol. The zero-order valence-electron chi connectivity index (χ0n) is 25.5. The lowest BCUT2D eigenvalue weighted by molar-refractivity contribution is 0.628. The fraction of sp³-hybridized carbons (Fsp3) is 0.0222. The Hall–Kier alpha value is -5.99. The standard InChI is InChI=1S/C45H28FN/c46-30-23-25-32(26-24-30)47(31-13-2-1-3-14-31)42-28-41-44(37-19-7-6-18-36(37)42)43-33-15-5-4-12-29(33)22-27-40(43)45(41)38-20-10-8-16-34(38)35-17-9-11-21-39(35)45/h1-28H. The molecule has 0 fully saturated rings. The van der Waals surface area contributed by atoms with Crippen molar-refractivity contribution < 1.29 is 4.39 Å². The molecule has 0 unspecified atom stereocenters. The van der Waals surface area contributed by atoms with E-state index in [0.29, 0.717) is 0 Å². The average Bonchev–Trinajstić information content (AvgIpc) is 3.61. The van der Waals surface area contributed by atoms with Gasteiger partial charge in [0.25, 0.3) is 0 Å². The molecule has 47 heavy (non-hydrogen) atoms. The minimum atomic E-state index is -0.508. The van der Waals surface area contributed by atoms with E-state index in [1.807, 2.05) is 18.2 Å². The van der Waals surface area contributed by atoms with Crippen molar-refractivity contribution in [2.45, 2.75) is 5.41 Å². The van der Waals surface area contributed by atoms with Crippen LogP contribution in [0.25, 0.3) is 43.8 Å². The molecule has 2 aliphatic carbocycles. The maximum Gasteiger partial charge on any atom is 0.123 e. The van der Waals surface area contributed by atoms with E-state index in [2.05, 4.69) is 144 Å². The molecule has 0 heterocycles. The third-order valence-electron chi connectivity index (χ3n) is 10.3. The number of nitrogens with zero attached hydrogens (tertiary/aromatic N) is 1. The summed E-state index contributed by atoms with van der Waals surface area (Å²) in [4.78, 5) is 2.28. The molecule has 1 nitrogen and oxygen atoms in total. The minimum absolute atomic E-state index is 0.249. The van der Waals surface area contributed by atoms with E-state index >= 15 is 0 Å². The van der Waals surface area contributed by atoms with Crippen molar-refractivity contribution in [2.75, 3.05) is 4.90 Å². The second-order valence-corrected chi connectivity index (χ2v) is 12.6. The number of hydrogen-bond acceptors (Lipinski definition) is 1. The van der Waals surface area contributed by atoms with E-state index in [0.717, 1.165) is 22.4 Å². The molecule has 0 aromatic heterocycles. The predicted molar refractivity (Wildman–Crippen MR) is 192 cm³/mol. The Morgan fingerprint density at radius 3 is 1.68 bits per heavy atom. The van der Waals surface area contributed by atoms with Gasteiger partial charge in [-0.2, -0.15) is 0 Å². The number of fused-ring (bicyclic) bond motifs is 14. The quantitative estimate of drug-likeness (QED) is 0.195. The summed E-state index contributed by atoms with van der Waals surface area (Å²) in [6, 6.07) is 59.8. The van der Waals surface area contributed by atoms with Gasteiger partial charge in [0.1, 0.15) is 5.82 Å². The second-order valence-electron chi connectivity index (χ2n) is 12.6. The summed E-state index contributed by atoms with van der Waals surface area (Å²) in [6.07, 6.45) is 0. The Morgan fingerprint density at radius 1 is 0.404 bits per heavy atom. The molecular weight excluding hydrogens is 574 g/mol. The maximum absolute atomic E-state index is 14.3. The van der Waals surface area contributed by atoms with E-state index in [1.54, 1.807) is 12.1 Å². The van der Waals surface area contributed by atoms with Crippen LogP contribution in [0.3, 0.4) is 0 Å². The Balaban J connectivity index is 1.42. The second kappa shape index (κ2) is 9.75. The zero-order valence-corrected chi connectivity index (χ0v) is 25.5. The fourth-order valence-corrected chi connectivity index (χ4v) is 8.51. The topological polar surface area (TPSA) is 3.24 Å². The Labute approximate surface area is 272 Å². The number of benzene rings is 8. The molecule has 0 bridgehead atoms. The first-order valence-corrected chi connectivity index (χ1v) is 16.1. The zero-order chi connectivity index (χ0) is 31.1. The molecule has 0 saturated carbocycles. The molecule has 8 aromatic rings. The summed E-state index contributed by atoms with van der Waals surface area (Å²) in [5.41, 5.74) is 12.9. The lowest BCUT2D eigenvalue weighted by Crippen LogP contribution is -2.26. The van der Waals surface area contributed by atoms with Crippen molar-refractivity contribution in [1.82, 2.24) is 0 Å². The molecule has 10 rings (SSSR count). The summed E-state index contributed by atoms with van der Waals surface area (Å²) < 4.78 is 14.3. The highest BCUT2D eigenvalue weighted by Crippen LogP contribution is 2.65. The molecule has 1 spiro atoms. The van der Waals surface area contributed by atoms with Gasteiger partial charge in [-0.15, -0.1) is 0 Å². The van der Waals surface area contributed by atoms with Crippen LogP contribution in [0.5, 0.6) is 0 Å². The van der Waals surface area contributed by atoms with Crippen molar-refractivity contribution in [3.05, 3.63) is 198 Å². The summed E-state index contributed by atoms with van der Waals surface area (Å²) in [7, 11) is 0. The third kappa shape index (κ3) is 3.47. The van der Waals surface area contributed by atoms with Gasteiger partial charge in [0.2, 0.25) is 0 Å². The molecule has 0 aliphatic heterocycles. The SMILES string of the molecule is Fc1ccc(N(c2ccccc2)c2cc3c(c4ccccc24)-c2c(ccc4ccccc24)C32c3ccccc3-c3ccccc32)cc1. The predicted octanol–water partition coefficient (Wildman–Crippen LogP) is 11.9. The fourth-order valence-electron chi connectivity index (χ4n) is 8.51. The van der Waals surface area contributed by atoms with Gasteiger partial charge in [-0.05, 0) is 103 Å². The van der Waals surface area contributed by atoms with Gasteiger partial charge in [0.15, 0.2) is 0 Å². The van der Waals surface area contributed by atoms with E-state index in [-0.39, 0.29) is 5.82 Å². The lowest BCUT2D eigenvalue weighted by atomic mass is 9.70. The number of halogens is 1. The highest BCUT2D eigenvalue weighted by atomic mass is 19.1. The summed E-state index contributed by atoms with van der Waals surface area (Å²) in [6.45, 7) is 0. The van der Waals surface area contributed by atoms with Crippen molar-refractivity contribution in [3.63, 3.8) is 0 Å². The maximum atomic E-state index is 14.3. The number of rotatable bonds is 3. The van der Waals surface area contributed by atoms with Gasteiger partial charge in [-0.1, -0.05) is 127 Å². The molecular formula is C45H28FN. The minimum Gasteiger partial charge on any atom is -0.310 e. The monoisotopic (exact) mass is 601 g/mol. The van der Waals surface area contributed by atoms with Crippen LogP contribution in [-0.2, 0) is 5.41 Å². The van der Waals surface area contributed by atoms with Crippen LogP contribution in [0.2, 0.25) is 0 Å². The van der Waals surface area contributed by atoms with Crippen LogP contribution in [0.15, 0.2) is 170 Å². The first-order valence-electron chi connectivity index (χ1n) is 16.1. The highest BCUT2D eigenvalue weighted by molar-refractivity contribution is 6.16. The highest BCUT2D eigenvalue weighted by Gasteiger charge is 2.52. The molecule has 0 saturated heterocycles. The van der Waals surface area contributed by atoms with Crippen LogP contribution in [-0.4, -0.2) is 0 Å². The molecule has 220 valence electrons. The van der Waals surface area contributed by atoms with E-state index < -0.39 is 5.41 Å². The number of anilines is 3. The summed E-state index contributed by atoms with van der Waals surface area (Å²) in [5.74, 6) is -0.249. The van der Waals surface area contributed by atoms with E-state index in [9.17, 15) is 4.39 Å². The van der Waals surface area contributed by atoms with Gasteiger partial charge in [-0.3, -0.25) is 0 Å². The van der Waals surface area contributed by atoms with E-state index in [4.69, 9.17) is 0 Å².